The molecule has 156 valence electrons. The molecule has 4 aromatic rings. The first-order valence-corrected chi connectivity index (χ1v) is 10.8. The Labute approximate surface area is 188 Å². The zero-order chi connectivity index (χ0) is 22.1. The largest absolute Gasteiger partial charge is 0.282 e. The number of benzene rings is 3. The summed E-state index contributed by atoms with van der Waals surface area (Å²) < 4.78 is 0. The number of rotatable bonds is 4. The standard InChI is InChI=1S/C29H24N2O/c1-29(2)26-18-10-9-16-24(26)28(32)31(29)27-23(17-11-19-30-27)25(22-14-7-4-8-15-22)20-21-12-5-3-6-13-21/h3-20H,1-2H3/b25-20+. The lowest BCUT2D eigenvalue weighted by Gasteiger charge is -2.33. The van der Waals surface area contributed by atoms with E-state index in [1.165, 1.54) is 0 Å². The third kappa shape index (κ3) is 3.32. The summed E-state index contributed by atoms with van der Waals surface area (Å²) >= 11 is 0. The lowest BCUT2D eigenvalue weighted by molar-refractivity contribution is 0.0981. The van der Waals surface area contributed by atoms with Crippen molar-refractivity contribution in [1.29, 1.82) is 0 Å². The van der Waals surface area contributed by atoms with Crippen LogP contribution in [0.4, 0.5) is 5.82 Å². The van der Waals surface area contributed by atoms with Crippen LogP contribution in [0.1, 0.15) is 46.5 Å². The maximum atomic E-state index is 13.5. The van der Waals surface area contributed by atoms with Gasteiger partial charge in [-0.3, -0.25) is 9.69 Å². The molecule has 0 bridgehead atoms. The molecule has 0 spiro atoms. The topological polar surface area (TPSA) is 33.2 Å². The molecule has 0 unspecified atom stereocenters. The van der Waals surface area contributed by atoms with E-state index in [2.05, 4.69) is 50.3 Å². The van der Waals surface area contributed by atoms with Gasteiger partial charge in [-0.1, -0.05) is 78.9 Å². The number of amides is 1. The van der Waals surface area contributed by atoms with E-state index in [0.717, 1.165) is 33.4 Å². The normalized spacial score (nSPS) is 15.0. The van der Waals surface area contributed by atoms with E-state index < -0.39 is 5.54 Å². The number of pyridine rings is 1. The predicted octanol–water partition coefficient (Wildman–Crippen LogP) is 6.57. The van der Waals surface area contributed by atoms with Crippen molar-refractivity contribution in [3.8, 4) is 0 Å². The van der Waals surface area contributed by atoms with Gasteiger partial charge in [0.1, 0.15) is 5.82 Å². The molecule has 0 saturated heterocycles. The fourth-order valence-corrected chi connectivity index (χ4v) is 4.49. The Balaban J connectivity index is 1.72. The second-order valence-corrected chi connectivity index (χ2v) is 8.45. The number of aromatic nitrogens is 1. The summed E-state index contributed by atoms with van der Waals surface area (Å²) in [5.41, 5.74) is 5.38. The predicted molar refractivity (Wildman–Crippen MR) is 130 cm³/mol. The van der Waals surface area contributed by atoms with Gasteiger partial charge in [-0.15, -0.1) is 0 Å². The molecule has 0 N–H and O–H groups in total. The van der Waals surface area contributed by atoms with Gasteiger partial charge in [-0.25, -0.2) is 4.98 Å². The van der Waals surface area contributed by atoms with E-state index >= 15 is 0 Å². The van der Waals surface area contributed by atoms with Crippen molar-refractivity contribution in [2.24, 2.45) is 0 Å². The van der Waals surface area contributed by atoms with Crippen molar-refractivity contribution in [2.45, 2.75) is 19.4 Å². The van der Waals surface area contributed by atoms with Gasteiger partial charge in [-0.2, -0.15) is 0 Å². The number of carbonyl (C=O) groups excluding carboxylic acids is 1. The van der Waals surface area contributed by atoms with Gasteiger partial charge in [0.25, 0.3) is 5.91 Å². The molecule has 1 aliphatic rings. The van der Waals surface area contributed by atoms with Crippen LogP contribution in [0.25, 0.3) is 11.6 Å². The molecule has 32 heavy (non-hydrogen) atoms. The highest BCUT2D eigenvalue weighted by atomic mass is 16.2. The van der Waals surface area contributed by atoms with Crippen LogP contribution in [-0.2, 0) is 5.54 Å². The zero-order valence-corrected chi connectivity index (χ0v) is 18.2. The van der Waals surface area contributed by atoms with Gasteiger partial charge in [0, 0.05) is 17.3 Å². The van der Waals surface area contributed by atoms with Crippen molar-refractivity contribution in [1.82, 2.24) is 4.98 Å². The van der Waals surface area contributed by atoms with Crippen molar-refractivity contribution in [3.05, 3.63) is 131 Å². The average Bonchev–Trinajstić information content (AvgIpc) is 3.04. The molecule has 3 heteroatoms. The van der Waals surface area contributed by atoms with Crippen LogP contribution < -0.4 is 4.90 Å². The summed E-state index contributed by atoms with van der Waals surface area (Å²) in [6, 6.07) is 32.3. The molecule has 1 amide bonds. The second kappa shape index (κ2) is 7.93. The highest BCUT2D eigenvalue weighted by Gasteiger charge is 2.45. The first kappa shape index (κ1) is 20.0. The van der Waals surface area contributed by atoms with Gasteiger partial charge in [-0.05, 0) is 60.4 Å². The van der Waals surface area contributed by atoms with E-state index in [0.29, 0.717) is 5.82 Å². The molecule has 0 saturated carbocycles. The molecule has 3 aromatic carbocycles. The number of hydrogen-bond donors (Lipinski definition) is 0. The van der Waals surface area contributed by atoms with E-state index in [1.807, 2.05) is 71.6 Å². The summed E-state index contributed by atoms with van der Waals surface area (Å²) in [5, 5.41) is 0. The molecular formula is C29H24N2O. The maximum Gasteiger partial charge on any atom is 0.260 e. The van der Waals surface area contributed by atoms with Crippen LogP contribution in [0.3, 0.4) is 0 Å². The Morgan fingerprint density at radius 1 is 0.812 bits per heavy atom. The molecule has 5 rings (SSSR count). The Kier molecular flexibility index (Phi) is 4.95. The Hall–Kier alpha value is -3.98. The van der Waals surface area contributed by atoms with Crippen molar-refractivity contribution < 1.29 is 4.79 Å². The summed E-state index contributed by atoms with van der Waals surface area (Å²) in [7, 11) is 0. The molecule has 3 nitrogen and oxygen atoms in total. The first-order valence-electron chi connectivity index (χ1n) is 10.8. The molecule has 0 fully saturated rings. The summed E-state index contributed by atoms with van der Waals surface area (Å²) in [4.78, 5) is 20.1. The average molecular weight is 417 g/mol. The lowest BCUT2D eigenvalue weighted by atomic mass is 9.92. The molecule has 2 heterocycles. The molecule has 1 aliphatic heterocycles. The first-order chi connectivity index (χ1) is 15.6. The van der Waals surface area contributed by atoms with E-state index in [1.54, 1.807) is 6.20 Å². The Morgan fingerprint density at radius 3 is 2.19 bits per heavy atom. The lowest BCUT2D eigenvalue weighted by Crippen LogP contribution is -2.40. The number of fused-ring (bicyclic) bond motifs is 1. The minimum absolute atomic E-state index is 0.0160. The molecule has 1 aromatic heterocycles. The third-order valence-electron chi connectivity index (χ3n) is 6.06. The highest BCUT2D eigenvalue weighted by molar-refractivity contribution is 6.13. The summed E-state index contributed by atoms with van der Waals surface area (Å²) in [5.74, 6) is 0.655. The fraction of sp³-hybridized carbons (Fsp3) is 0.103. The molecule has 0 atom stereocenters. The fourth-order valence-electron chi connectivity index (χ4n) is 4.49. The number of carbonyl (C=O) groups is 1. The molecule has 0 radical (unpaired) electrons. The van der Waals surface area contributed by atoms with Gasteiger partial charge in [0.15, 0.2) is 0 Å². The van der Waals surface area contributed by atoms with Crippen LogP contribution in [0, 0.1) is 0 Å². The van der Waals surface area contributed by atoms with Crippen molar-refractivity contribution in [3.63, 3.8) is 0 Å². The third-order valence-corrected chi connectivity index (χ3v) is 6.06. The Bertz CT molecular complexity index is 1310. The van der Waals surface area contributed by atoms with Crippen LogP contribution in [0.15, 0.2) is 103 Å². The minimum Gasteiger partial charge on any atom is -0.282 e. The molecule has 0 aliphatic carbocycles. The van der Waals surface area contributed by atoms with Crippen LogP contribution >= 0.6 is 0 Å². The SMILES string of the molecule is CC1(C)c2ccccc2C(=O)N1c1ncccc1/C(=C/c1ccccc1)c1ccccc1. The number of hydrogen-bond acceptors (Lipinski definition) is 2. The van der Waals surface area contributed by atoms with E-state index in [4.69, 9.17) is 4.98 Å². The van der Waals surface area contributed by atoms with Gasteiger partial charge < -0.3 is 0 Å². The number of anilines is 1. The van der Waals surface area contributed by atoms with E-state index in [-0.39, 0.29) is 5.91 Å². The molecular weight excluding hydrogens is 392 g/mol. The van der Waals surface area contributed by atoms with Crippen LogP contribution in [-0.4, -0.2) is 10.9 Å². The van der Waals surface area contributed by atoms with Gasteiger partial charge in [0.05, 0.1) is 5.54 Å². The zero-order valence-electron chi connectivity index (χ0n) is 18.2. The van der Waals surface area contributed by atoms with Gasteiger partial charge in [0.2, 0.25) is 0 Å². The summed E-state index contributed by atoms with van der Waals surface area (Å²) in [6.07, 6.45) is 3.92. The smallest absolute Gasteiger partial charge is 0.260 e. The van der Waals surface area contributed by atoms with Crippen molar-refractivity contribution >= 4 is 23.4 Å². The summed E-state index contributed by atoms with van der Waals surface area (Å²) in [6.45, 7) is 4.16. The van der Waals surface area contributed by atoms with Crippen LogP contribution in [0.5, 0.6) is 0 Å². The number of nitrogens with zero attached hydrogens (tertiary/aromatic N) is 2. The highest BCUT2D eigenvalue weighted by Crippen LogP contribution is 2.44. The Morgan fingerprint density at radius 2 is 1.47 bits per heavy atom. The van der Waals surface area contributed by atoms with E-state index in [9.17, 15) is 4.79 Å². The van der Waals surface area contributed by atoms with Crippen LogP contribution in [0.2, 0.25) is 0 Å². The quantitative estimate of drug-likeness (QED) is 0.353. The van der Waals surface area contributed by atoms with Crippen molar-refractivity contribution in [2.75, 3.05) is 4.90 Å². The minimum atomic E-state index is -0.509. The van der Waals surface area contributed by atoms with Gasteiger partial charge >= 0.3 is 0 Å². The maximum absolute atomic E-state index is 13.5. The monoisotopic (exact) mass is 416 g/mol. The second-order valence-electron chi connectivity index (χ2n) is 8.45.